The first kappa shape index (κ1) is 8.21. The van der Waals surface area contributed by atoms with E-state index in [1.165, 1.54) is 0 Å². The Morgan fingerprint density at radius 2 is 2.11 bits per heavy atom. The van der Waals surface area contributed by atoms with Crippen molar-refractivity contribution < 1.29 is 0 Å². The van der Waals surface area contributed by atoms with Crippen LogP contribution in [0.1, 0.15) is 20.8 Å². The Morgan fingerprint density at radius 1 is 1.44 bits per heavy atom. The van der Waals surface area contributed by atoms with Gasteiger partial charge >= 0.3 is 0 Å². The minimum absolute atomic E-state index is 0.269. The van der Waals surface area contributed by atoms with Crippen molar-refractivity contribution in [3.63, 3.8) is 0 Å². The lowest BCUT2D eigenvalue weighted by Crippen LogP contribution is -2.19. The molecule has 0 fully saturated rings. The molecule has 0 radical (unpaired) electrons. The summed E-state index contributed by atoms with van der Waals surface area (Å²) in [6.45, 7) is 6.00. The second-order valence-electron chi connectivity index (χ2n) is 1.50. The molecular formula is C7H14N2. The maximum Gasteiger partial charge on any atom is 0.115 e. The van der Waals surface area contributed by atoms with Crippen molar-refractivity contribution in [1.29, 1.82) is 0 Å². The molecule has 0 aromatic heterocycles. The summed E-state index contributed by atoms with van der Waals surface area (Å²) in [7, 11) is 0. The van der Waals surface area contributed by atoms with E-state index in [2.05, 4.69) is 10.3 Å². The highest BCUT2D eigenvalue weighted by molar-refractivity contribution is 5.71. The molecule has 0 amide bonds. The number of rotatable bonds is 0. The van der Waals surface area contributed by atoms with Gasteiger partial charge in [-0.1, -0.05) is 13.8 Å². The van der Waals surface area contributed by atoms with Crippen LogP contribution in [-0.2, 0) is 0 Å². The highest BCUT2D eigenvalue weighted by atomic mass is 15.0. The van der Waals surface area contributed by atoms with E-state index in [1.807, 2.05) is 33.0 Å². The zero-order valence-electron chi connectivity index (χ0n) is 6.26. The predicted molar refractivity (Wildman–Crippen MR) is 41.6 cm³/mol. The van der Waals surface area contributed by atoms with E-state index in [4.69, 9.17) is 0 Å². The molecule has 1 N–H and O–H groups in total. The van der Waals surface area contributed by atoms with Gasteiger partial charge in [0.15, 0.2) is 0 Å². The molecule has 0 bridgehead atoms. The lowest BCUT2D eigenvalue weighted by molar-refractivity contribution is 0.670. The van der Waals surface area contributed by atoms with Crippen LogP contribution in [0.4, 0.5) is 0 Å². The molecule has 9 heavy (non-hydrogen) atoms. The van der Waals surface area contributed by atoms with Crippen LogP contribution in [0, 0.1) is 0 Å². The fraction of sp³-hybridized carbons (Fsp3) is 0.571. The van der Waals surface area contributed by atoms with Crippen LogP contribution in [0.3, 0.4) is 0 Å². The van der Waals surface area contributed by atoms with Gasteiger partial charge in [-0.25, -0.2) is 0 Å². The van der Waals surface area contributed by atoms with Gasteiger partial charge in [-0.3, -0.25) is 4.99 Å². The smallest absolute Gasteiger partial charge is 0.115 e. The van der Waals surface area contributed by atoms with Crippen LogP contribution >= 0.6 is 0 Å². The van der Waals surface area contributed by atoms with Crippen LogP contribution in [0.2, 0.25) is 0 Å². The quantitative estimate of drug-likeness (QED) is 0.523. The van der Waals surface area contributed by atoms with Gasteiger partial charge in [0.1, 0.15) is 6.17 Å². The molecule has 1 aliphatic rings. The Morgan fingerprint density at radius 3 is 2.33 bits per heavy atom. The van der Waals surface area contributed by atoms with Gasteiger partial charge in [-0.2, -0.15) is 0 Å². The summed E-state index contributed by atoms with van der Waals surface area (Å²) >= 11 is 0. The second-order valence-corrected chi connectivity index (χ2v) is 1.50. The fourth-order valence-electron chi connectivity index (χ4n) is 0.460. The van der Waals surface area contributed by atoms with Crippen molar-refractivity contribution >= 4 is 6.21 Å². The molecule has 1 aliphatic heterocycles. The largest absolute Gasteiger partial charge is 0.370 e. The van der Waals surface area contributed by atoms with Crippen LogP contribution < -0.4 is 5.32 Å². The van der Waals surface area contributed by atoms with Gasteiger partial charge in [0.05, 0.1) is 0 Å². The van der Waals surface area contributed by atoms with Crippen molar-refractivity contribution in [1.82, 2.24) is 5.32 Å². The van der Waals surface area contributed by atoms with Gasteiger partial charge in [0, 0.05) is 6.21 Å². The SMILES string of the molecule is CC.CC1N=CC=CN1. The highest BCUT2D eigenvalue weighted by Gasteiger charge is 1.91. The van der Waals surface area contributed by atoms with E-state index in [0.717, 1.165) is 0 Å². The van der Waals surface area contributed by atoms with E-state index >= 15 is 0 Å². The number of allylic oxidation sites excluding steroid dienone is 1. The van der Waals surface area contributed by atoms with Crippen molar-refractivity contribution in [2.45, 2.75) is 26.9 Å². The Kier molecular flexibility index (Phi) is 4.88. The van der Waals surface area contributed by atoms with Crippen LogP contribution in [0.15, 0.2) is 17.3 Å². The predicted octanol–water partition coefficient (Wildman–Crippen LogP) is 1.55. The molecule has 2 nitrogen and oxygen atoms in total. The Balaban J connectivity index is 0.000000291. The van der Waals surface area contributed by atoms with Crippen LogP contribution in [0.25, 0.3) is 0 Å². The van der Waals surface area contributed by atoms with Gasteiger partial charge in [-0.05, 0) is 19.2 Å². The highest BCUT2D eigenvalue weighted by Crippen LogP contribution is 1.85. The lowest BCUT2D eigenvalue weighted by atomic mass is 10.5. The van der Waals surface area contributed by atoms with Crippen LogP contribution in [-0.4, -0.2) is 12.4 Å². The molecule has 0 aliphatic carbocycles. The number of aliphatic imine (C=N–C) groups is 1. The molecule has 0 spiro atoms. The van der Waals surface area contributed by atoms with Crippen molar-refractivity contribution in [2.24, 2.45) is 4.99 Å². The number of nitrogens with one attached hydrogen (secondary N) is 1. The average molecular weight is 126 g/mol. The van der Waals surface area contributed by atoms with Gasteiger partial charge in [0.2, 0.25) is 0 Å². The minimum Gasteiger partial charge on any atom is -0.370 e. The van der Waals surface area contributed by atoms with Crippen molar-refractivity contribution in [3.05, 3.63) is 12.3 Å². The molecule has 1 heterocycles. The summed E-state index contributed by atoms with van der Waals surface area (Å²) in [5.41, 5.74) is 0. The average Bonchev–Trinajstić information content (AvgIpc) is 1.94. The van der Waals surface area contributed by atoms with E-state index < -0.39 is 0 Å². The van der Waals surface area contributed by atoms with Crippen molar-refractivity contribution in [2.75, 3.05) is 0 Å². The Labute approximate surface area is 56.7 Å². The maximum atomic E-state index is 4.01. The zero-order valence-corrected chi connectivity index (χ0v) is 6.26. The number of hydrogen-bond acceptors (Lipinski definition) is 2. The first-order valence-electron chi connectivity index (χ1n) is 3.34. The van der Waals surface area contributed by atoms with Gasteiger partial charge in [0.25, 0.3) is 0 Å². The lowest BCUT2D eigenvalue weighted by Gasteiger charge is -2.06. The summed E-state index contributed by atoms with van der Waals surface area (Å²) in [6, 6.07) is 0. The summed E-state index contributed by atoms with van der Waals surface area (Å²) in [5, 5.41) is 3.00. The third-order valence-electron chi connectivity index (χ3n) is 0.829. The summed E-state index contributed by atoms with van der Waals surface area (Å²) in [4.78, 5) is 4.01. The standard InChI is InChI=1S/C5H8N2.C2H6/c1-5-6-3-2-4-7-5;1-2/h2-6H,1H3;1-2H3. The third-order valence-corrected chi connectivity index (χ3v) is 0.829. The Hall–Kier alpha value is -0.790. The monoisotopic (exact) mass is 126 g/mol. The van der Waals surface area contributed by atoms with Crippen LogP contribution in [0.5, 0.6) is 0 Å². The summed E-state index contributed by atoms with van der Waals surface area (Å²) in [6.07, 6.45) is 5.82. The van der Waals surface area contributed by atoms with Gasteiger partial charge in [-0.15, -0.1) is 0 Å². The second kappa shape index (κ2) is 5.35. The molecule has 2 heteroatoms. The fourth-order valence-corrected chi connectivity index (χ4v) is 0.460. The van der Waals surface area contributed by atoms with Crippen molar-refractivity contribution in [3.8, 4) is 0 Å². The van der Waals surface area contributed by atoms with Gasteiger partial charge < -0.3 is 5.32 Å². The summed E-state index contributed by atoms with van der Waals surface area (Å²) < 4.78 is 0. The number of hydrogen-bond donors (Lipinski definition) is 1. The molecule has 0 saturated carbocycles. The molecule has 1 unspecified atom stereocenters. The molecule has 1 atom stereocenters. The molecular weight excluding hydrogens is 112 g/mol. The summed E-state index contributed by atoms with van der Waals surface area (Å²) in [5.74, 6) is 0. The van der Waals surface area contributed by atoms with E-state index in [1.54, 1.807) is 6.21 Å². The molecule has 1 rings (SSSR count). The molecule has 0 saturated heterocycles. The molecule has 0 aromatic rings. The first-order valence-corrected chi connectivity index (χ1v) is 3.34. The maximum absolute atomic E-state index is 4.01. The van der Waals surface area contributed by atoms with E-state index in [-0.39, 0.29) is 6.17 Å². The van der Waals surface area contributed by atoms with E-state index in [9.17, 15) is 0 Å². The first-order chi connectivity index (χ1) is 4.39. The third kappa shape index (κ3) is 3.76. The Bertz CT molecular complexity index is 105. The minimum atomic E-state index is 0.269. The van der Waals surface area contributed by atoms with E-state index in [0.29, 0.717) is 0 Å². The normalized spacial score (nSPS) is 21.9. The molecule has 52 valence electrons. The zero-order chi connectivity index (χ0) is 7.11. The number of nitrogens with zero attached hydrogens (tertiary/aromatic N) is 1. The molecule has 0 aromatic carbocycles. The topological polar surface area (TPSA) is 24.4 Å².